The number of carbonyl (C=O) groups excluding carboxylic acids is 1. The fourth-order valence-electron chi connectivity index (χ4n) is 2.16. The maximum Gasteiger partial charge on any atom is 0.317 e. The predicted molar refractivity (Wildman–Crippen MR) is 67.6 cm³/mol. The van der Waals surface area contributed by atoms with E-state index >= 15 is 0 Å². The van der Waals surface area contributed by atoms with Crippen molar-refractivity contribution in [1.29, 1.82) is 0 Å². The molecule has 94 valence electrons. The molecule has 1 atom stereocenters. The largest absolute Gasteiger partial charge is 0.336 e. The fourth-order valence-corrected chi connectivity index (χ4v) is 2.16. The van der Waals surface area contributed by atoms with E-state index in [2.05, 4.69) is 19.2 Å². The third-order valence-corrected chi connectivity index (χ3v) is 3.25. The Morgan fingerprint density at radius 2 is 1.88 bits per heavy atom. The number of amides is 2. The van der Waals surface area contributed by atoms with E-state index in [1.54, 1.807) is 0 Å². The average Bonchev–Trinajstić information content (AvgIpc) is 2.54. The molecule has 1 fully saturated rings. The third-order valence-electron chi connectivity index (χ3n) is 3.25. The molecule has 1 aliphatic heterocycles. The number of carbonyl (C=O) groups is 1. The molecule has 0 aliphatic carbocycles. The molecule has 0 saturated carbocycles. The minimum Gasteiger partial charge on any atom is -0.336 e. The molecule has 1 rings (SSSR count). The topological polar surface area (TPSA) is 32.3 Å². The van der Waals surface area contributed by atoms with Crippen LogP contribution in [0, 0.1) is 0 Å². The van der Waals surface area contributed by atoms with Crippen LogP contribution < -0.4 is 5.32 Å². The predicted octanol–water partition coefficient (Wildman–Crippen LogP) is 3.15. The standard InChI is InChI=1S/C13H26N2O/c1-3-4-9-12(2)14-13(16)15-10-7-5-6-8-11-15/h12H,3-11H2,1-2H3,(H,14,16). The summed E-state index contributed by atoms with van der Waals surface area (Å²) >= 11 is 0. The highest BCUT2D eigenvalue weighted by atomic mass is 16.2. The highest BCUT2D eigenvalue weighted by Crippen LogP contribution is 2.10. The Labute approximate surface area is 99.6 Å². The first-order chi connectivity index (χ1) is 7.74. The second-order valence-electron chi connectivity index (χ2n) is 4.89. The van der Waals surface area contributed by atoms with Crippen molar-refractivity contribution in [2.75, 3.05) is 13.1 Å². The summed E-state index contributed by atoms with van der Waals surface area (Å²) in [5.41, 5.74) is 0. The van der Waals surface area contributed by atoms with Crippen molar-refractivity contribution in [3.05, 3.63) is 0 Å². The number of nitrogens with one attached hydrogen (secondary N) is 1. The zero-order chi connectivity index (χ0) is 11.8. The first kappa shape index (κ1) is 13.3. The summed E-state index contributed by atoms with van der Waals surface area (Å²) in [7, 11) is 0. The SMILES string of the molecule is CCCCC(C)NC(=O)N1CCCCCC1. The maximum atomic E-state index is 11.9. The zero-order valence-electron chi connectivity index (χ0n) is 10.8. The van der Waals surface area contributed by atoms with Gasteiger partial charge in [0, 0.05) is 19.1 Å². The van der Waals surface area contributed by atoms with Gasteiger partial charge in [-0.1, -0.05) is 32.6 Å². The lowest BCUT2D eigenvalue weighted by Crippen LogP contribution is -2.44. The third kappa shape index (κ3) is 4.86. The molecule has 3 heteroatoms. The zero-order valence-corrected chi connectivity index (χ0v) is 10.8. The molecule has 1 unspecified atom stereocenters. The summed E-state index contributed by atoms with van der Waals surface area (Å²) in [4.78, 5) is 13.9. The summed E-state index contributed by atoms with van der Waals surface area (Å²) in [5, 5.41) is 3.10. The van der Waals surface area contributed by atoms with Crippen LogP contribution in [0.3, 0.4) is 0 Å². The van der Waals surface area contributed by atoms with Gasteiger partial charge >= 0.3 is 6.03 Å². The van der Waals surface area contributed by atoms with Gasteiger partial charge in [-0.05, 0) is 26.2 Å². The van der Waals surface area contributed by atoms with Gasteiger partial charge in [0.1, 0.15) is 0 Å². The van der Waals surface area contributed by atoms with Gasteiger partial charge in [-0.25, -0.2) is 4.79 Å². The molecule has 0 bridgehead atoms. The van der Waals surface area contributed by atoms with Gasteiger partial charge in [0.05, 0.1) is 0 Å². The number of rotatable bonds is 4. The summed E-state index contributed by atoms with van der Waals surface area (Å²) in [6, 6.07) is 0.459. The normalized spacial score (nSPS) is 19.0. The molecule has 0 aromatic rings. The van der Waals surface area contributed by atoms with Crippen molar-refractivity contribution in [1.82, 2.24) is 10.2 Å². The molecule has 16 heavy (non-hydrogen) atoms. The number of hydrogen-bond acceptors (Lipinski definition) is 1. The highest BCUT2D eigenvalue weighted by molar-refractivity contribution is 5.74. The Morgan fingerprint density at radius 1 is 1.25 bits per heavy atom. The molecule has 0 aromatic carbocycles. The van der Waals surface area contributed by atoms with Crippen molar-refractivity contribution in [2.45, 2.75) is 64.8 Å². The van der Waals surface area contributed by atoms with Gasteiger partial charge in [-0.2, -0.15) is 0 Å². The first-order valence-corrected chi connectivity index (χ1v) is 6.79. The summed E-state index contributed by atoms with van der Waals surface area (Å²) in [5.74, 6) is 0. The van der Waals surface area contributed by atoms with E-state index in [1.807, 2.05) is 4.90 Å². The highest BCUT2D eigenvalue weighted by Gasteiger charge is 2.16. The molecule has 1 aliphatic rings. The molecule has 2 amide bonds. The van der Waals surface area contributed by atoms with Crippen LogP contribution in [0.2, 0.25) is 0 Å². The van der Waals surface area contributed by atoms with E-state index in [4.69, 9.17) is 0 Å². The summed E-state index contributed by atoms with van der Waals surface area (Å²) < 4.78 is 0. The molecule has 1 saturated heterocycles. The van der Waals surface area contributed by atoms with E-state index in [9.17, 15) is 4.79 Å². The second kappa shape index (κ2) is 7.53. The lowest BCUT2D eigenvalue weighted by Gasteiger charge is -2.23. The monoisotopic (exact) mass is 226 g/mol. The van der Waals surface area contributed by atoms with Crippen LogP contribution in [-0.2, 0) is 0 Å². The van der Waals surface area contributed by atoms with E-state index in [-0.39, 0.29) is 6.03 Å². The molecular formula is C13H26N2O. The molecular weight excluding hydrogens is 200 g/mol. The first-order valence-electron chi connectivity index (χ1n) is 6.79. The van der Waals surface area contributed by atoms with E-state index in [0.29, 0.717) is 6.04 Å². The van der Waals surface area contributed by atoms with Crippen molar-refractivity contribution < 1.29 is 4.79 Å². The van der Waals surface area contributed by atoms with Crippen molar-refractivity contribution >= 4 is 6.03 Å². The number of likely N-dealkylation sites (tertiary alicyclic amines) is 1. The molecule has 1 N–H and O–H groups in total. The van der Waals surface area contributed by atoms with E-state index in [0.717, 1.165) is 32.4 Å². The Morgan fingerprint density at radius 3 is 2.44 bits per heavy atom. The van der Waals surface area contributed by atoms with E-state index < -0.39 is 0 Å². The molecule has 3 nitrogen and oxygen atoms in total. The second-order valence-corrected chi connectivity index (χ2v) is 4.89. The number of hydrogen-bond donors (Lipinski definition) is 1. The number of urea groups is 1. The van der Waals surface area contributed by atoms with Crippen molar-refractivity contribution in [3.63, 3.8) is 0 Å². The van der Waals surface area contributed by atoms with Crippen LogP contribution >= 0.6 is 0 Å². The molecule has 0 aromatic heterocycles. The maximum absolute atomic E-state index is 11.9. The van der Waals surface area contributed by atoms with Crippen LogP contribution in [0.5, 0.6) is 0 Å². The van der Waals surface area contributed by atoms with Gasteiger partial charge in [-0.3, -0.25) is 0 Å². The average molecular weight is 226 g/mol. The lowest BCUT2D eigenvalue weighted by atomic mass is 10.1. The molecule has 1 heterocycles. The Hall–Kier alpha value is -0.730. The van der Waals surface area contributed by atoms with Gasteiger partial charge in [0.25, 0.3) is 0 Å². The Kier molecular flexibility index (Phi) is 6.27. The van der Waals surface area contributed by atoms with Crippen LogP contribution in [0.4, 0.5) is 4.79 Å². The molecule has 0 spiro atoms. The molecule has 0 radical (unpaired) electrons. The minimum atomic E-state index is 0.144. The van der Waals surface area contributed by atoms with Gasteiger partial charge < -0.3 is 10.2 Å². The minimum absolute atomic E-state index is 0.144. The number of unbranched alkanes of at least 4 members (excludes halogenated alkanes) is 1. The van der Waals surface area contributed by atoms with Gasteiger partial charge in [0.2, 0.25) is 0 Å². The Balaban J connectivity index is 2.26. The van der Waals surface area contributed by atoms with Crippen LogP contribution in [0.1, 0.15) is 58.8 Å². The summed E-state index contributed by atoms with van der Waals surface area (Å²) in [6.45, 7) is 6.16. The lowest BCUT2D eigenvalue weighted by molar-refractivity contribution is 0.195. The van der Waals surface area contributed by atoms with Crippen LogP contribution in [0.15, 0.2) is 0 Å². The number of nitrogens with zero attached hydrogens (tertiary/aromatic N) is 1. The smallest absolute Gasteiger partial charge is 0.317 e. The Bertz CT molecular complexity index is 198. The van der Waals surface area contributed by atoms with Gasteiger partial charge in [0.15, 0.2) is 0 Å². The van der Waals surface area contributed by atoms with Crippen LogP contribution in [-0.4, -0.2) is 30.1 Å². The van der Waals surface area contributed by atoms with Crippen molar-refractivity contribution in [2.24, 2.45) is 0 Å². The van der Waals surface area contributed by atoms with Gasteiger partial charge in [-0.15, -0.1) is 0 Å². The van der Waals surface area contributed by atoms with Crippen molar-refractivity contribution in [3.8, 4) is 0 Å². The fraction of sp³-hybridized carbons (Fsp3) is 0.923. The quantitative estimate of drug-likeness (QED) is 0.784. The van der Waals surface area contributed by atoms with Crippen LogP contribution in [0.25, 0.3) is 0 Å². The van der Waals surface area contributed by atoms with E-state index in [1.165, 1.54) is 25.7 Å². The summed E-state index contributed by atoms with van der Waals surface area (Å²) in [6.07, 6.45) is 8.36.